The van der Waals surface area contributed by atoms with Crippen LogP contribution in [0.3, 0.4) is 0 Å². The molecule has 3 aliphatic carbocycles. The Balaban J connectivity index is 2.03. The molecule has 4 atom stereocenters. The summed E-state index contributed by atoms with van der Waals surface area (Å²) in [4.78, 5) is 17.5. The third-order valence-corrected chi connectivity index (χ3v) is 6.77. The van der Waals surface area contributed by atoms with E-state index in [9.17, 15) is 9.90 Å². The van der Waals surface area contributed by atoms with Gasteiger partial charge in [-0.15, -0.1) is 0 Å². The minimum absolute atomic E-state index is 0.0528. The van der Waals surface area contributed by atoms with Gasteiger partial charge in [-0.2, -0.15) is 0 Å². The number of ketones is 1. The van der Waals surface area contributed by atoms with E-state index in [4.69, 9.17) is 0 Å². The predicted octanol–water partition coefficient (Wildman–Crippen LogP) is 3.85. The second kappa shape index (κ2) is 5.30. The van der Waals surface area contributed by atoms with E-state index >= 15 is 0 Å². The minimum Gasteiger partial charge on any atom is -0.387 e. The Kier molecular flexibility index (Phi) is 3.83. The molecular weight excluding hydrogens is 274 g/mol. The summed E-state index contributed by atoms with van der Waals surface area (Å²) in [5, 5.41) is 11.3. The van der Waals surface area contributed by atoms with E-state index in [0.717, 1.165) is 44.9 Å². The fourth-order valence-electron chi connectivity index (χ4n) is 5.67. The minimum atomic E-state index is -0.983. The highest BCUT2D eigenvalue weighted by Crippen LogP contribution is 2.64. The molecule has 1 N–H and O–H groups in total. The van der Waals surface area contributed by atoms with Crippen LogP contribution < -0.4 is 0 Å². The molecule has 0 aromatic rings. The zero-order valence-electron chi connectivity index (χ0n) is 14.0. The number of allylic oxidation sites excluding steroid dienone is 2. The van der Waals surface area contributed by atoms with Crippen LogP contribution in [0, 0.1) is 11.3 Å². The molecule has 3 aliphatic rings. The van der Waals surface area contributed by atoms with Crippen molar-refractivity contribution in [2.24, 2.45) is 16.3 Å². The number of aliphatic imine (C=N–C) groups is 1. The summed E-state index contributed by atoms with van der Waals surface area (Å²) >= 11 is 0. The monoisotopic (exact) mass is 303 g/mol. The molecule has 0 spiro atoms. The first-order chi connectivity index (χ1) is 10.4. The zero-order valence-corrected chi connectivity index (χ0v) is 14.0. The van der Waals surface area contributed by atoms with Crippen molar-refractivity contribution in [2.75, 3.05) is 0 Å². The highest BCUT2D eigenvalue weighted by atomic mass is 16.3. The van der Waals surface area contributed by atoms with Gasteiger partial charge in [0.25, 0.3) is 0 Å². The van der Waals surface area contributed by atoms with E-state index < -0.39 is 11.1 Å². The molecule has 3 unspecified atom stereocenters. The standard InChI is InChI=1S/C19H29NO2/c1-4-5-8-14-9-12-17(2)16(14)15(21)13-18(22)10-6-7-11-19(17,18)20-3/h9,16,22H,3-8,10-13H2,1-2H3/t16?,17?,18-,19?/m0/s1. The summed E-state index contributed by atoms with van der Waals surface area (Å²) in [5.41, 5.74) is -0.530. The molecule has 0 heterocycles. The second-order valence-electron chi connectivity index (χ2n) is 7.84. The molecule has 3 heteroatoms. The third kappa shape index (κ3) is 1.84. The van der Waals surface area contributed by atoms with Crippen molar-refractivity contribution in [3.05, 3.63) is 11.6 Å². The lowest BCUT2D eigenvalue weighted by atomic mass is 9.47. The Morgan fingerprint density at radius 2 is 2.14 bits per heavy atom. The highest BCUT2D eigenvalue weighted by Gasteiger charge is 2.69. The van der Waals surface area contributed by atoms with Crippen LogP contribution in [0.25, 0.3) is 0 Å². The van der Waals surface area contributed by atoms with Crippen LogP contribution >= 0.6 is 0 Å². The molecule has 2 fully saturated rings. The Morgan fingerprint density at radius 1 is 1.41 bits per heavy atom. The van der Waals surface area contributed by atoms with Crippen LogP contribution in [-0.4, -0.2) is 28.7 Å². The van der Waals surface area contributed by atoms with Gasteiger partial charge in [0.05, 0.1) is 11.1 Å². The smallest absolute Gasteiger partial charge is 0.143 e. The van der Waals surface area contributed by atoms with Gasteiger partial charge in [0.2, 0.25) is 0 Å². The van der Waals surface area contributed by atoms with Crippen molar-refractivity contribution in [1.29, 1.82) is 0 Å². The molecule has 0 aromatic carbocycles. The van der Waals surface area contributed by atoms with Crippen LogP contribution in [0.2, 0.25) is 0 Å². The number of nitrogens with zero attached hydrogens (tertiary/aromatic N) is 1. The van der Waals surface area contributed by atoms with Gasteiger partial charge in [0, 0.05) is 17.8 Å². The number of aliphatic hydroxyl groups is 1. The maximum atomic E-state index is 12.9. The summed E-state index contributed by atoms with van der Waals surface area (Å²) in [6.07, 6.45) is 10.3. The Morgan fingerprint density at radius 3 is 2.82 bits per heavy atom. The first-order valence-corrected chi connectivity index (χ1v) is 8.86. The topological polar surface area (TPSA) is 49.7 Å². The summed E-state index contributed by atoms with van der Waals surface area (Å²) < 4.78 is 0. The van der Waals surface area contributed by atoms with Crippen molar-refractivity contribution in [1.82, 2.24) is 0 Å². The molecule has 3 rings (SSSR count). The largest absolute Gasteiger partial charge is 0.387 e. The first-order valence-electron chi connectivity index (χ1n) is 8.86. The summed E-state index contributed by atoms with van der Waals surface area (Å²) in [5.74, 6) is 0.175. The molecule has 0 bridgehead atoms. The molecule has 122 valence electrons. The lowest BCUT2D eigenvalue weighted by Crippen LogP contribution is -2.69. The highest BCUT2D eigenvalue weighted by molar-refractivity contribution is 5.88. The van der Waals surface area contributed by atoms with E-state index in [2.05, 4.69) is 31.6 Å². The Bertz CT molecular complexity index is 526. The van der Waals surface area contributed by atoms with Gasteiger partial charge in [-0.25, -0.2) is 0 Å². The van der Waals surface area contributed by atoms with Crippen LogP contribution in [0.4, 0.5) is 0 Å². The van der Waals surface area contributed by atoms with Crippen molar-refractivity contribution >= 4 is 12.5 Å². The van der Waals surface area contributed by atoms with E-state index in [1.807, 2.05) is 0 Å². The van der Waals surface area contributed by atoms with Crippen LogP contribution in [0.1, 0.15) is 71.6 Å². The van der Waals surface area contributed by atoms with Gasteiger partial charge in [-0.1, -0.05) is 44.8 Å². The maximum Gasteiger partial charge on any atom is 0.143 e. The number of hydrogen-bond acceptors (Lipinski definition) is 3. The van der Waals surface area contributed by atoms with Crippen molar-refractivity contribution in [3.63, 3.8) is 0 Å². The Hall–Kier alpha value is -0.960. The molecule has 0 amide bonds. The quantitative estimate of drug-likeness (QED) is 0.633. The lowest BCUT2D eigenvalue weighted by molar-refractivity contribution is -0.172. The zero-order chi connectivity index (χ0) is 16.0. The van der Waals surface area contributed by atoms with Crippen molar-refractivity contribution < 1.29 is 9.90 Å². The third-order valence-electron chi connectivity index (χ3n) is 6.77. The van der Waals surface area contributed by atoms with E-state index in [-0.39, 0.29) is 23.5 Å². The molecule has 0 radical (unpaired) electrons. The van der Waals surface area contributed by atoms with Gasteiger partial charge in [-0.3, -0.25) is 9.79 Å². The summed E-state index contributed by atoms with van der Waals surface area (Å²) in [6.45, 7) is 8.24. The number of carbonyl (C=O) groups is 1. The van der Waals surface area contributed by atoms with Crippen LogP contribution in [0.15, 0.2) is 16.6 Å². The predicted molar refractivity (Wildman–Crippen MR) is 89.1 cm³/mol. The molecular formula is C19H29NO2. The van der Waals surface area contributed by atoms with Crippen LogP contribution in [0.5, 0.6) is 0 Å². The SMILES string of the molecule is C=NC12CCCC[C@]1(O)CC(=O)C1C(CCCC)=CCC12C. The Labute approximate surface area is 133 Å². The van der Waals surface area contributed by atoms with Gasteiger partial charge < -0.3 is 5.11 Å². The average molecular weight is 303 g/mol. The fraction of sp³-hybridized carbons (Fsp3) is 0.789. The first kappa shape index (κ1) is 15.9. The number of fused-ring (bicyclic) bond motifs is 3. The van der Waals surface area contributed by atoms with Crippen molar-refractivity contribution in [2.45, 2.75) is 82.8 Å². The van der Waals surface area contributed by atoms with Crippen molar-refractivity contribution in [3.8, 4) is 0 Å². The fourth-order valence-corrected chi connectivity index (χ4v) is 5.67. The van der Waals surface area contributed by atoms with E-state index in [1.54, 1.807) is 0 Å². The number of hydrogen-bond donors (Lipinski definition) is 1. The van der Waals surface area contributed by atoms with Gasteiger partial charge in [0.15, 0.2) is 0 Å². The normalized spacial score (nSPS) is 44.2. The number of carbonyl (C=O) groups excluding carboxylic acids is 1. The summed E-state index contributed by atoms with van der Waals surface area (Å²) in [7, 11) is 0. The second-order valence-corrected chi connectivity index (χ2v) is 7.84. The van der Waals surface area contributed by atoms with Crippen LogP contribution in [-0.2, 0) is 4.79 Å². The molecule has 0 aromatic heterocycles. The molecule has 0 saturated heterocycles. The summed E-state index contributed by atoms with van der Waals surface area (Å²) in [6, 6.07) is 0. The molecule has 2 saturated carbocycles. The molecule has 22 heavy (non-hydrogen) atoms. The van der Waals surface area contributed by atoms with Gasteiger partial charge >= 0.3 is 0 Å². The maximum absolute atomic E-state index is 12.9. The van der Waals surface area contributed by atoms with Gasteiger partial charge in [-0.05, 0) is 38.8 Å². The number of unbranched alkanes of at least 4 members (excludes halogenated alkanes) is 1. The van der Waals surface area contributed by atoms with E-state index in [0.29, 0.717) is 6.42 Å². The van der Waals surface area contributed by atoms with E-state index in [1.165, 1.54) is 5.57 Å². The molecule has 3 nitrogen and oxygen atoms in total. The lowest BCUT2D eigenvalue weighted by Gasteiger charge is -2.61. The molecule has 0 aliphatic heterocycles. The number of rotatable bonds is 4. The average Bonchev–Trinajstić information content (AvgIpc) is 2.83. The van der Waals surface area contributed by atoms with Gasteiger partial charge in [0.1, 0.15) is 5.78 Å². The number of Topliss-reactive ketones (excluding diaryl/α,β-unsaturated/α-hetero) is 1.